The van der Waals surface area contributed by atoms with Gasteiger partial charge in [0.1, 0.15) is 6.04 Å². The first-order chi connectivity index (χ1) is 17.6. The number of piperidine rings is 1. The van der Waals surface area contributed by atoms with Crippen LogP contribution in [0.5, 0.6) is 0 Å². The van der Waals surface area contributed by atoms with Gasteiger partial charge < -0.3 is 10.2 Å². The summed E-state index contributed by atoms with van der Waals surface area (Å²) in [5.74, 6) is -0.104. The fourth-order valence-corrected chi connectivity index (χ4v) is 6.27. The first kappa shape index (κ1) is 26.4. The lowest BCUT2D eigenvalue weighted by Crippen LogP contribution is -2.47. The van der Waals surface area contributed by atoms with Gasteiger partial charge in [0, 0.05) is 29.0 Å². The molecule has 1 fully saturated rings. The Balaban J connectivity index is 1.54. The van der Waals surface area contributed by atoms with Gasteiger partial charge in [-0.1, -0.05) is 36.4 Å². The van der Waals surface area contributed by atoms with E-state index in [9.17, 15) is 18.5 Å². The van der Waals surface area contributed by atoms with E-state index in [-0.39, 0.29) is 16.8 Å². The molecule has 0 aromatic heterocycles. The van der Waals surface area contributed by atoms with E-state index < -0.39 is 15.6 Å². The molecular formula is C29H32N4O3S. The van der Waals surface area contributed by atoms with E-state index in [1.54, 1.807) is 63.2 Å². The lowest BCUT2D eigenvalue weighted by molar-refractivity contribution is -0.117. The molecule has 1 amide bonds. The Kier molecular flexibility index (Phi) is 7.67. The SMILES string of the molecule is CC(C)(C)NS(=O)(=O)c1ccccc1-c1ccc(NC(=O)[C@@H]2CCCCN2c2cccc(C#N)c2)cc1. The van der Waals surface area contributed by atoms with Crippen molar-refractivity contribution in [3.05, 3.63) is 78.4 Å². The highest BCUT2D eigenvalue weighted by Crippen LogP contribution is 2.30. The van der Waals surface area contributed by atoms with E-state index in [0.717, 1.165) is 37.1 Å². The summed E-state index contributed by atoms with van der Waals surface area (Å²) in [6, 6.07) is 23.3. The van der Waals surface area contributed by atoms with Gasteiger partial charge >= 0.3 is 0 Å². The minimum absolute atomic E-state index is 0.104. The van der Waals surface area contributed by atoms with Crippen LogP contribution in [0.1, 0.15) is 45.6 Å². The number of sulfonamides is 1. The van der Waals surface area contributed by atoms with Gasteiger partial charge in [-0.3, -0.25) is 4.79 Å². The van der Waals surface area contributed by atoms with Crippen molar-refractivity contribution in [2.24, 2.45) is 0 Å². The topological polar surface area (TPSA) is 102 Å². The third-order valence-electron chi connectivity index (χ3n) is 6.19. The highest BCUT2D eigenvalue weighted by Gasteiger charge is 2.29. The molecule has 0 aliphatic carbocycles. The normalized spacial score (nSPS) is 16.2. The molecule has 192 valence electrons. The molecule has 0 spiro atoms. The summed E-state index contributed by atoms with van der Waals surface area (Å²) in [6.45, 7) is 6.16. The number of amides is 1. The Morgan fingerprint density at radius 2 is 1.73 bits per heavy atom. The van der Waals surface area contributed by atoms with Gasteiger partial charge in [-0.15, -0.1) is 0 Å². The van der Waals surface area contributed by atoms with E-state index in [2.05, 4.69) is 21.0 Å². The van der Waals surface area contributed by atoms with Gasteiger partial charge in [0.2, 0.25) is 15.9 Å². The molecule has 0 unspecified atom stereocenters. The second-order valence-corrected chi connectivity index (χ2v) is 11.9. The maximum absolute atomic E-state index is 13.3. The molecule has 0 saturated carbocycles. The summed E-state index contributed by atoms with van der Waals surface area (Å²) in [5.41, 5.74) is 2.80. The summed E-state index contributed by atoms with van der Waals surface area (Å²) in [7, 11) is -3.72. The van der Waals surface area contributed by atoms with Crippen LogP contribution >= 0.6 is 0 Å². The Hall–Kier alpha value is -3.67. The standard InChI is InChI=1S/C29H32N4O3S/c1-29(2,3)32-37(35,36)27-13-5-4-11-25(27)22-14-16-23(17-15-22)31-28(34)26-12-6-7-18-33(26)24-10-8-9-21(19-24)20-30/h4-5,8-11,13-17,19,26,32H,6-7,12,18H2,1-3H3,(H,31,34)/t26-/m0/s1. The van der Waals surface area contributed by atoms with Crippen molar-refractivity contribution in [3.8, 4) is 17.2 Å². The molecule has 3 aromatic carbocycles. The molecule has 0 radical (unpaired) electrons. The lowest BCUT2D eigenvalue weighted by Gasteiger charge is -2.36. The third-order valence-corrected chi connectivity index (χ3v) is 8.01. The first-order valence-corrected chi connectivity index (χ1v) is 13.9. The minimum Gasteiger partial charge on any atom is -0.359 e. The number of nitrogens with one attached hydrogen (secondary N) is 2. The zero-order valence-corrected chi connectivity index (χ0v) is 22.2. The molecule has 3 aromatic rings. The van der Waals surface area contributed by atoms with Crippen molar-refractivity contribution in [1.29, 1.82) is 5.26 Å². The molecule has 37 heavy (non-hydrogen) atoms. The van der Waals surface area contributed by atoms with Crippen molar-refractivity contribution in [1.82, 2.24) is 4.72 Å². The highest BCUT2D eigenvalue weighted by atomic mass is 32.2. The maximum Gasteiger partial charge on any atom is 0.247 e. The molecule has 2 N–H and O–H groups in total. The summed E-state index contributed by atoms with van der Waals surface area (Å²) in [6.07, 6.45) is 2.67. The number of carbonyl (C=O) groups excluding carboxylic acids is 1. The molecule has 7 nitrogen and oxygen atoms in total. The highest BCUT2D eigenvalue weighted by molar-refractivity contribution is 7.89. The molecule has 1 heterocycles. The summed E-state index contributed by atoms with van der Waals surface area (Å²) >= 11 is 0. The average Bonchev–Trinajstić information content (AvgIpc) is 2.88. The number of hydrogen-bond donors (Lipinski definition) is 2. The molecule has 1 aliphatic heterocycles. The van der Waals surface area contributed by atoms with Crippen LogP contribution in [0.2, 0.25) is 0 Å². The molecule has 1 saturated heterocycles. The number of rotatable bonds is 6. The molecule has 0 bridgehead atoms. The minimum atomic E-state index is -3.72. The van der Waals surface area contributed by atoms with Gasteiger partial charge in [-0.25, -0.2) is 13.1 Å². The van der Waals surface area contributed by atoms with E-state index >= 15 is 0 Å². The predicted molar refractivity (Wildman–Crippen MR) is 147 cm³/mol. The van der Waals surface area contributed by atoms with Crippen LogP contribution in [0, 0.1) is 11.3 Å². The fraction of sp³-hybridized carbons (Fsp3) is 0.310. The number of nitrogens with zero attached hydrogens (tertiary/aromatic N) is 2. The first-order valence-electron chi connectivity index (χ1n) is 12.4. The molecule has 1 atom stereocenters. The number of anilines is 2. The van der Waals surface area contributed by atoms with Crippen LogP contribution in [0.15, 0.2) is 77.7 Å². The zero-order valence-electron chi connectivity index (χ0n) is 21.4. The van der Waals surface area contributed by atoms with E-state index in [0.29, 0.717) is 16.8 Å². The number of hydrogen-bond acceptors (Lipinski definition) is 5. The quantitative estimate of drug-likeness (QED) is 0.463. The summed E-state index contributed by atoms with van der Waals surface area (Å²) in [4.78, 5) is 15.5. The van der Waals surface area contributed by atoms with Crippen molar-refractivity contribution in [2.75, 3.05) is 16.8 Å². The predicted octanol–water partition coefficient (Wildman–Crippen LogP) is 5.30. The van der Waals surface area contributed by atoms with Crippen LogP contribution in [0.3, 0.4) is 0 Å². The molecule has 4 rings (SSSR count). The number of benzene rings is 3. The number of nitriles is 1. The van der Waals surface area contributed by atoms with E-state index in [4.69, 9.17) is 0 Å². The average molecular weight is 517 g/mol. The van der Waals surface area contributed by atoms with Crippen LogP contribution in [-0.2, 0) is 14.8 Å². The maximum atomic E-state index is 13.3. The Bertz CT molecular complexity index is 1420. The molecule has 8 heteroatoms. The Labute approximate surface area is 219 Å². The summed E-state index contributed by atoms with van der Waals surface area (Å²) < 4.78 is 28.8. The van der Waals surface area contributed by atoms with Crippen molar-refractivity contribution in [2.45, 2.75) is 56.5 Å². The van der Waals surface area contributed by atoms with Gasteiger partial charge in [0.05, 0.1) is 16.5 Å². The lowest BCUT2D eigenvalue weighted by atomic mass is 9.99. The molecule has 1 aliphatic rings. The van der Waals surface area contributed by atoms with Gasteiger partial charge in [0.15, 0.2) is 0 Å². The smallest absolute Gasteiger partial charge is 0.247 e. The van der Waals surface area contributed by atoms with Crippen molar-refractivity contribution in [3.63, 3.8) is 0 Å². The van der Waals surface area contributed by atoms with Crippen molar-refractivity contribution >= 4 is 27.3 Å². The van der Waals surface area contributed by atoms with Gasteiger partial charge in [-0.05, 0) is 82.0 Å². The van der Waals surface area contributed by atoms with Gasteiger partial charge in [0.25, 0.3) is 0 Å². The van der Waals surface area contributed by atoms with Crippen LogP contribution in [0.4, 0.5) is 11.4 Å². The van der Waals surface area contributed by atoms with Crippen LogP contribution < -0.4 is 14.9 Å². The second-order valence-electron chi connectivity index (χ2n) is 10.3. The third kappa shape index (κ3) is 6.37. The monoisotopic (exact) mass is 516 g/mol. The van der Waals surface area contributed by atoms with Gasteiger partial charge in [-0.2, -0.15) is 5.26 Å². The van der Waals surface area contributed by atoms with Crippen molar-refractivity contribution < 1.29 is 13.2 Å². The Morgan fingerprint density at radius 3 is 2.43 bits per heavy atom. The summed E-state index contributed by atoms with van der Waals surface area (Å²) in [5, 5.41) is 12.3. The Morgan fingerprint density at radius 1 is 1.00 bits per heavy atom. The van der Waals surface area contributed by atoms with E-state index in [1.807, 2.05) is 30.3 Å². The second kappa shape index (κ2) is 10.8. The zero-order chi connectivity index (χ0) is 26.6. The fourth-order valence-electron chi connectivity index (χ4n) is 4.62. The van der Waals surface area contributed by atoms with Crippen LogP contribution in [0.25, 0.3) is 11.1 Å². The largest absolute Gasteiger partial charge is 0.359 e. The van der Waals surface area contributed by atoms with Crippen LogP contribution in [-0.4, -0.2) is 32.5 Å². The number of carbonyl (C=O) groups is 1. The molecular weight excluding hydrogens is 484 g/mol. The van der Waals surface area contributed by atoms with E-state index in [1.165, 1.54) is 0 Å².